The summed E-state index contributed by atoms with van der Waals surface area (Å²) in [5, 5.41) is 13.9. The molecule has 0 bridgehead atoms. The molecule has 2 rings (SSSR count). The fourth-order valence-corrected chi connectivity index (χ4v) is 2.59. The van der Waals surface area contributed by atoms with Crippen LogP contribution < -0.4 is 5.32 Å². The molecule has 0 unspecified atom stereocenters. The first-order valence-electron chi connectivity index (χ1n) is 5.94. The van der Waals surface area contributed by atoms with E-state index in [0.29, 0.717) is 20.6 Å². The highest BCUT2D eigenvalue weighted by atomic mass is 79.9. The molecule has 0 aliphatic rings. The van der Waals surface area contributed by atoms with Crippen molar-refractivity contribution in [1.82, 2.24) is 5.32 Å². The smallest absolute Gasteiger partial charge is 0.269 e. The molecule has 108 valence electrons. The van der Waals surface area contributed by atoms with Gasteiger partial charge in [0.1, 0.15) is 0 Å². The molecule has 21 heavy (non-hydrogen) atoms. The molecule has 5 nitrogen and oxygen atoms in total. The van der Waals surface area contributed by atoms with Gasteiger partial charge in [0, 0.05) is 28.2 Å². The van der Waals surface area contributed by atoms with Gasteiger partial charge < -0.3 is 5.32 Å². The molecule has 0 heterocycles. The van der Waals surface area contributed by atoms with Gasteiger partial charge in [-0.1, -0.05) is 23.7 Å². The Hall–Kier alpha value is -1.92. The molecular weight excluding hydrogens is 360 g/mol. The topological polar surface area (TPSA) is 72.2 Å². The average molecular weight is 370 g/mol. The van der Waals surface area contributed by atoms with Gasteiger partial charge in [-0.25, -0.2) is 0 Å². The van der Waals surface area contributed by atoms with Gasteiger partial charge in [-0.3, -0.25) is 14.9 Å². The molecule has 1 N–H and O–H groups in total. The minimum absolute atomic E-state index is 0.00516. The van der Waals surface area contributed by atoms with Crippen LogP contribution in [0.2, 0.25) is 5.02 Å². The van der Waals surface area contributed by atoms with Crippen molar-refractivity contribution in [3.63, 3.8) is 0 Å². The van der Waals surface area contributed by atoms with Crippen LogP contribution in [0.3, 0.4) is 0 Å². The summed E-state index contributed by atoms with van der Waals surface area (Å²) in [6.45, 7) is 0.204. The van der Waals surface area contributed by atoms with Gasteiger partial charge in [-0.05, 0) is 39.7 Å². The number of nitrogens with zero attached hydrogens (tertiary/aromatic N) is 1. The van der Waals surface area contributed by atoms with Gasteiger partial charge in [0.25, 0.3) is 11.6 Å². The summed E-state index contributed by atoms with van der Waals surface area (Å²) in [6.07, 6.45) is 0. The minimum atomic E-state index is -0.471. The van der Waals surface area contributed by atoms with Crippen molar-refractivity contribution >= 4 is 39.1 Å². The molecule has 0 radical (unpaired) electrons. The zero-order valence-corrected chi connectivity index (χ0v) is 13.0. The molecule has 0 spiro atoms. The Labute approximate surface area is 134 Å². The summed E-state index contributed by atoms with van der Waals surface area (Å²) >= 11 is 9.09. The fourth-order valence-electron chi connectivity index (χ4n) is 1.73. The summed E-state index contributed by atoms with van der Waals surface area (Å²) in [4.78, 5) is 22.3. The van der Waals surface area contributed by atoms with E-state index in [4.69, 9.17) is 11.6 Å². The van der Waals surface area contributed by atoms with Crippen LogP contribution in [0.5, 0.6) is 0 Å². The van der Waals surface area contributed by atoms with Crippen molar-refractivity contribution in [3.05, 3.63) is 73.2 Å². The van der Waals surface area contributed by atoms with Gasteiger partial charge in [-0.2, -0.15) is 0 Å². The van der Waals surface area contributed by atoms with E-state index in [0.717, 1.165) is 0 Å². The van der Waals surface area contributed by atoms with Gasteiger partial charge >= 0.3 is 0 Å². The van der Waals surface area contributed by atoms with E-state index in [1.807, 2.05) is 0 Å². The molecule has 2 aromatic rings. The van der Waals surface area contributed by atoms with Crippen LogP contribution in [0.15, 0.2) is 46.9 Å². The zero-order chi connectivity index (χ0) is 15.4. The highest BCUT2D eigenvalue weighted by molar-refractivity contribution is 9.10. The summed E-state index contributed by atoms with van der Waals surface area (Å²) in [6, 6.07) is 11.0. The van der Waals surface area contributed by atoms with Crippen molar-refractivity contribution in [3.8, 4) is 0 Å². The van der Waals surface area contributed by atoms with E-state index < -0.39 is 4.92 Å². The molecule has 0 atom stereocenters. The third-order valence-electron chi connectivity index (χ3n) is 2.75. The van der Waals surface area contributed by atoms with Crippen molar-refractivity contribution in [2.45, 2.75) is 6.54 Å². The Bertz CT molecular complexity index is 706. The van der Waals surface area contributed by atoms with E-state index in [1.54, 1.807) is 30.3 Å². The molecule has 1 amide bonds. The lowest BCUT2D eigenvalue weighted by atomic mass is 10.2. The normalized spacial score (nSPS) is 10.2. The van der Waals surface area contributed by atoms with Gasteiger partial charge in [-0.15, -0.1) is 0 Å². The van der Waals surface area contributed by atoms with E-state index in [9.17, 15) is 14.9 Å². The van der Waals surface area contributed by atoms with E-state index in [1.165, 1.54) is 12.1 Å². The Morgan fingerprint density at radius 3 is 2.71 bits per heavy atom. The highest BCUT2D eigenvalue weighted by Crippen LogP contribution is 2.21. The maximum atomic E-state index is 12.1. The molecule has 0 saturated carbocycles. The monoisotopic (exact) mass is 368 g/mol. The maximum absolute atomic E-state index is 12.1. The van der Waals surface area contributed by atoms with E-state index in [2.05, 4.69) is 21.2 Å². The lowest BCUT2D eigenvalue weighted by Crippen LogP contribution is -2.23. The van der Waals surface area contributed by atoms with Crippen molar-refractivity contribution in [2.75, 3.05) is 0 Å². The van der Waals surface area contributed by atoms with Crippen LogP contribution >= 0.6 is 27.5 Å². The molecule has 0 aromatic heterocycles. The lowest BCUT2D eigenvalue weighted by molar-refractivity contribution is -0.384. The highest BCUT2D eigenvalue weighted by Gasteiger charge is 2.11. The van der Waals surface area contributed by atoms with Gasteiger partial charge in [0.2, 0.25) is 0 Å². The first-order valence-corrected chi connectivity index (χ1v) is 7.11. The largest absolute Gasteiger partial charge is 0.348 e. The fraction of sp³-hybridized carbons (Fsp3) is 0.0714. The second kappa shape index (κ2) is 6.69. The van der Waals surface area contributed by atoms with Gasteiger partial charge in [0.05, 0.1) is 10.5 Å². The number of amides is 1. The number of benzene rings is 2. The minimum Gasteiger partial charge on any atom is -0.348 e. The number of halogens is 2. The van der Waals surface area contributed by atoms with Crippen LogP contribution in [-0.4, -0.2) is 10.8 Å². The van der Waals surface area contributed by atoms with Crippen molar-refractivity contribution < 1.29 is 9.72 Å². The van der Waals surface area contributed by atoms with Crippen LogP contribution in [0.1, 0.15) is 15.9 Å². The Balaban J connectivity index is 2.07. The van der Waals surface area contributed by atoms with Crippen LogP contribution in [0.4, 0.5) is 5.69 Å². The Morgan fingerprint density at radius 1 is 1.29 bits per heavy atom. The number of rotatable bonds is 4. The van der Waals surface area contributed by atoms with Crippen LogP contribution in [0.25, 0.3) is 0 Å². The third-order valence-corrected chi connectivity index (χ3v) is 3.64. The first kappa shape index (κ1) is 15.5. The second-order valence-electron chi connectivity index (χ2n) is 4.23. The number of nitro benzene ring substituents is 1. The molecule has 0 aliphatic carbocycles. The number of nitro groups is 1. The van der Waals surface area contributed by atoms with E-state index >= 15 is 0 Å². The molecule has 0 saturated heterocycles. The molecule has 7 heteroatoms. The Morgan fingerprint density at radius 2 is 2.05 bits per heavy atom. The SMILES string of the molecule is O=C(NCc1cccc([N+](=O)[O-])c1)c1ccc(Cl)cc1Br. The summed E-state index contributed by atoms with van der Waals surface area (Å²) in [5.74, 6) is -0.287. The summed E-state index contributed by atoms with van der Waals surface area (Å²) in [5.41, 5.74) is 1.10. The molecule has 0 aliphatic heterocycles. The van der Waals surface area contributed by atoms with Crippen LogP contribution in [0, 0.1) is 10.1 Å². The predicted octanol–water partition coefficient (Wildman–Crippen LogP) is 3.94. The number of nitrogens with one attached hydrogen (secondary N) is 1. The number of carbonyl (C=O) groups excluding carboxylic acids is 1. The van der Waals surface area contributed by atoms with Crippen LogP contribution in [-0.2, 0) is 6.54 Å². The summed E-state index contributed by atoms with van der Waals surface area (Å²) < 4.78 is 0.589. The lowest BCUT2D eigenvalue weighted by Gasteiger charge is -2.07. The predicted molar refractivity (Wildman–Crippen MR) is 83.4 cm³/mol. The molecule has 0 fully saturated rings. The maximum Gasteiger partial charge on any atom is 0.269 e. The number of hydrogen-bond donors (Lipinski definition) is 1. The average Bonchev–Trinajstić information content (AvgIpc) is 2.45. The quantitative estimate of drug-likeness (QED) is 0.655. The number of non-ortho nitro benzene ring substituents is 1. The third kappa shape index (κ3) is 4.03. The standard InChI is InChI=1S/C14H10BrClN2O3/c15-13-7-10(16)4-5-12(13)14(19)17-8-9-2-1-3-11(6-9)18(20)21/h1-7H,8H2,(H,17,19). The van der Waals surface area contributed by atoms with Crippen molar-refractivity contribution in [1.29, 1.82) is 0 Å². The molecule has 2 aromatic carbocycles. The Kier molecular flexibility index (Phi) is 4.93. The van der Waals surface area contributed by atoms with Crippen molar-refractivity contribution in [2.24, 2.45) is 0 Å². The van der Waals surface area contributed by atoms with Gasteiger partial charge in [0.15, 0.2) is 0 Å². The molecular formula is C14H10BrClN2O3. The number of carbonyl (C=O) groups is 1. The zero-order valence-electron chi connectivity index (χ0n) is 10.7. The number of hydrogen-bond acceptors (Lipinski definition) is 3. The summed E-state index contributed by atoms with van der Waals surface area (Å²) in [7, 11) is 0. The first-order chi connectivity index (χ1) is 9.97. The van der Waals surface area contributed by atoms with E-state index in [-0.39, 0.29) is 18.1 Å². The second-order valence-corrected chi connectivity index (χ2v) is 5.52.